The van der Waals surface area contributed by atoms with Crippen LogP contribution >= 0.6 is 11.3 Å². The van der Waals surface area contributed by atoms with Crippen LogP contribution in [0.1, 0.15) is 50.1 Å². The van der Waals surface area contributed by atoms with Crippen LogP contribution in [0.2, 0.25) is 0 Å². The minimum atomic E-state index is -5.08. The van der Waals surface area contributed by atoms with Gasteiger partial charge in [0.15, 0.2) is 0 Å². The molecule has 1 saturated heterocycles. The molecule has 0 spiro atoms. The van der Waals surface area contributed by atoms with Crippen LogP contribution in [0.15, 0.2) is 29.6 Å². The van der Waals surface area contributed by atoms with Crippen molar-refractivity contribution in [2.24, 2.45) is 5.92 Å². The summed E-state index contributed by atoms with van der Waals surface area (Å²) >= 11 is 1.66. The third-order valence-corrected chi connectivity index (χ3v) is 6.73. The number of aliphatic carboxylic acids is 1. The Kier molecular flexibility index (Phi) is 9.28. The third kappa shape index (κ3) is 7.69. The smallest absolute Gasteiger partial charge is 0.475 e. The van der Waals surface area contributed by atoms with Gasteiger partial charge in [-0.1, -0.05) is 25.0 Å². The van der Waals surface area contributed by atoms with Crippen molar-refractivity contribution in [1.29, 1.82) is 0 Å². The molecule has 2 heterocycles. The van der Waals surface area contributed by atoms with Crippen LogP contribution in [-0.2, 0) is 9.53 Å². The lowest BCUT2D eigenvalue weighted by atomic mass is 9.99. The van der Waals surface area contributed by atoms with Crippen molar-refractivity contribution in [3.63, 3.8) is 0 Å². The largest absolute Gasteiger partial charge is 0.490 e. The van der Waals surface area contributed by atoms with E-state index in [-0.39, 0.29) is 6.09 Å². The number of aromatic nitrogens is 1. The number of anilines is 1. The summed E-state index contributed by atoms with van der Waals surface area (Å²) in [5, 5.41) is 16.5. The van der Waals surface area contributed by atoms with E-state index < -0.39 is 12.1 Å². The highest BCUT2D eigenvalue weighted by atomic mass is 32.1. The molecule has 1 aromatic heterocycles. The summed E-state index contributed by atoms with van der Waals surface area (Å²) in [7, 11) is 0. The Bertz CT molecular complexity index is 955. The highest BCUT2D eigenvalue weighted by Crippen LogP contribution is 2.38. The number of carbonyl (C=O) groups is 2. The lowest BCUT2D eigenvalue weighted by molar-refractivity contribution is -0.192. The van der Waals surface area contributed by atoms with Crippen molar-refractivity contribution in [3.05, 3.63) is 35.3 Å². The van der Waals surface area contributed by atoms with E-state index in [1.54, 1.807) is 11.3 Å². The summed E-state index contributed by atoms with van der Waals surface area (Å²) in [4.78, 5) is 26.1. The number of piperidine rings is 1. The molecule has 0 radical (unpaired) electrons. The van der Waals surface area contributed by atoms with Gasteiger partial charge < -0.3 is 15.2 Å². The molecule has 186 valence electrons. The van der Waals surface area contributed by atoms with Gasteiger partial charge in [0.25, 0.3) is 0 Å². The Morgan fingerprint density at radius 3 is 2.44 bits per heavy atom. The number of halogens is 3. The van der Waals surface area contributed by atoms with Crippen LogP contribution in [0, 0.1) is 5.92 Å². The molecule has 1 amide bonds. The maximum absolute atomic E-state index is 12.3. The first kappa shape index (κ1) is 26.0. The first-order chi connectivity index (χ1) is 16.2. The summed E-state index contributed by atoms with van der Waals surface area (Å²) < 4.78 is 37.2. The number of alkyl halides is 3. The maximum Gasteiger partial charge on any atom is 0.490 e. The van der Waals surface area contributed by atoms with Crippen LogP contribution < -0.4 is 10.6 Å². The molecule has 2 fully saturated rings. The molecule has 0 atom stereocenters. The van der Waals surface area contributed by atoms with Crippen molar-refractivity contribution in [2.75, 3.05) is 25.0 Å². The molecule has 34 heavy (non-hydrogen) atoms. The first-order valence-corrected chi connectivity index (χ1v) is 12.1. The number of nitrogens with one attached hydrogen (secondary N) is 2. The van der Waals surface area contributed by atoms with Crippen molar-refractivity contribution < 1.29 is 32.6 Å². The fourth-order valence-corrected chi connectivity index (χ4v) is 4.93. The fourth-order valence-electron chi connectivity index (χ4n) is 3.99. The summed E-state index contributed by atoms with van der Waals surface area (Å²) in [6.45, 7) is 2.50. The number of rotatable bonds is 5. The van der Waals surface area contributed by atoms with Gasteiger partial charge in [-0.3, -0.25) is 5.32 Å². The second-order valence-corrected chi connectivity index (χ2v) is 9.18. The Labute approximate surface area is 199 Å². The van der Waals surface area contributed by atoms with Crippen LogP contribution in [-0.4, -0.2) is 48.0 Å². The quantitative estimate of drug-likeness (QED) is 0.492. The van der Waals surface area contributed by atoms with Gasteiger partial charge in [-0.25, -0.2) is 14.6 Å². The van der Waals surface area contributed by atoms with E-state index in [1.165, 1.54) is 31.4 Å². The molecule has 1 aliphatic heterocycles. The minimum absolute atomic E-state index is 0.381. The predicted octanol–water partition coefficient (Wildman–Crippen LogP) is 5.65. The molecule has 0 unspecified atom stereocenters. The van der Waals surface area contributed by atoms with E-state index in [0.29, 0.717) is 18.4 Å². The van der Waals surface area contributed by atoms with Crippen LogP contribution in [0.5, 0.6) is 0 Å². The van der Waals surface area contributed by atoms with E-state index in [1.807, 2.05) is 24.3 Å². The zero-order valence-electron chi connectivity index (χ0n) is 18.6. The van der Waals surface area contributed by atoms with Gasteiger partial charge in [-0.15, -0.1) is 11.3 Å². The maximum atomic E-state index is 12.3. The normalized spacial score (nSPS) is 17.0. The third-order valence-electron chi connectivity index (χ3n) is 5.84. The van der Waals surface area contributed by atoms with Gasteiger partial charge in [-0.2, -0.15) is 13.2 Å². The van der Waals surface area contributed by atoms with Crippen molar-refractivity contribution in [3.8, 4) is 10.6 Å². The van der Waals surface area contributed by atoms with Gasteiger partial charge in [0, 0.05) is 16.9 Å². The van der Waals surface area contributed by atoms with Crippen LogP contribution in [0.3, 0.4) is 0 Å². The zero-order chi connectivity index (χ0) is 24.6. The Hall–Kier alpha value is -2.66. The molecule has 2 aromatic rings. The lowest BCUT2D eigenvalue weighted by Crippen LogP contribution is -2.31. The summed E-state index contributed by atoms with van der Waals surface area (Å²) in [5.74, 6) is -1.70. The highest BCUT2D eigenvalue weighted by Gasteiger charge is 2.38. The number of para-hydroxylation sites is 1. The second-order valence-electron chi connectivity index (χ2n) is 8.32. The van der Waals surface area contributed by atoms with Gasteiger partial charge in [0.2, 0.25) is 0 Å². The molecular formula is C23H28F3N3O4S. The summed E-state index contributed by atoms with van der Waals surface area (Å²) in [6.07, 6.45) is 1.75. The number of hydrogen-bond donors (Lipinski definition) is 3. The number of hydrogen-bond acceptors (Lipinski definition) is 6. The van der Waals surface area contributed by atoms with Gasteiger partial charge in [0.05, 0.1) is 18.0 Å². The van der Waals surface area contributed by atoms with Gasteiger partial charge in [0.1, 0.15) is 5.01 Å². The van der Waals surface area contributed by atoms with Crippen molar-refractivity contribution in [1.82, 2.24) is 10.3 Å². The molecule has 1 aliphatic carbocycles. The number of thiazole rings is 1. The zero-order valence-corrected chi connectivity index (χ0v) is 19.4. The number of carboxylic acids is 1. The molecule has 2 aliphatic rings. The topological polar surface area (TPSA) is 101 Å². The molecule has 1 aromatic carbocycles. The number of carboxylic acid groups (broad SMARTS) is 1. The van der Waals surface area contributed by atoms with Crippen LogP contribution in [0.4, 0.5) is 23.7 Å². The van der Waals surface area contributed by atoms with E-state index in [4.69, 9.17) is 19.6 Å². The Morgan fingerprint density at radius 2 is 1.79 bits per heavy atom. The lowest BCUT2D eigenvalue weighted by Gasteiger charge is -2.22. The van der Waals surface area contributed by atoms with Crippen LogP contribution in [0.25, 0.3) is 10.6 Å². The number of amides is 1. The van der Waals surface area contributed by atoms with Gasteiger partial charge >= 0.3 is 18.2 Å². The Balaban J connectivity index is 0.000000406. The molecule has 11 heteroatoms. The van der Waals surface area contributed by atoms with Gasteiger partial charge in [-0.05, 0) is 56.8 Å². The number of ether oxygens (including phenoxy) is 1. The molecule has 1 saturated carbocycles. The monoisotopic (exact) mass is 499 g/mol. The predicted molar refractivity (Wildman–Crippen MR) is 123 cm³/mol. The number of carbonyl (C=O) groups excluding carboxylic acids is 1. The molecule has 7 nitrogen and oxygen atoms in total. The number of benzene rings is 1. The molecule has 3 N–H and O–H groups in total. The van der Waals surface area contributed by atoms with E-state index in [9.17, 15) is 18.0 Å². The minimum Gasteiger partial charge on any atom is -0.475 e. The molecule has 4 rings (SSSR count). The van der Waals surface area contributed by atoms with Crippen molar-refractivity contribution >= 4 is 29.1 Å². The number of nitrogens with zero attached hydrogens (tertiary/aromatic N) is 1. The standard InChI is InChI=1S/C21H27N3O2S.C2HF3O2/c25-21(26-13-15-9-11-22-12-10-15)24-18-8-4-3-7-17(18)20-23-19(14-27-20)16-5-1-2-6-16;3-2(4,5)1(6)7/h3-4,7-8,14-16,22H,1-2,5-6,9-13H2,(H,24,25);(H,6,7). The highest BCUT2D eigenvalue weighted by molar-refractivity contribution is 7.13. The second kappa shape index (κ2) is 12.2. The SMILES string of the molecule is O=C(Nc1ccccc1-c1nc(C2CCCC2)cs1)OCC1CCNCC1.O=C(O)C(F)(F)F. The van der Waals surface area contributed by atoms with E-state index in [2.05, 4.69) is 16.0 Å². The molecular weight excluding hydrogens is 471 g/mol. The fraction of sp³-hybridized carbons (Fsp3) is 0.522. The molecule has 0 bridgehead atoms. The summed E-state index contributed by atoms with van der Waals surface area (Å²) in [6, 6.07) is 7.84. The average molecular weight is 500 g/mol. The van der Waals surface area contributed by atoms with E-state index >= 15 is 0 Å². The summed E-state index contributed by atoms with van der Waals surface area (Å²) in [5.41, 5.74) is 2.93. The first-order valence-electron chi connectivity index (χ1n) is 11.2. The average Bonchev–Trinajstić information content (AvgIpc) is 3.51. The Morgan fingerprint density at radius 1 is 1.15 bits per heavy atom. The van der Waals surface area contributed by atoms with E-state index in [0.717, 1.165) is 42.2 Å². The van der Waals surface area contributed by atoms with Crippen molar-refractivity contribution in [2.45, 2.75) is 50.6 Å².